The van der Waals surface area contributed by atoms with E-state index in [1.807, 2.05) is 65.2 Å². The van der Waals surface area contributed by atoms with E-state index in [-0.39, 0.29) is 5.91 Å². The third-order valence-corrected chi connectivity index (χ3v) is 8.43. The third kappa shape index (κ3) is 6.63. The normalized spacial score (nSPS) is 11.0. The Labute approximate surface area is 239 Å². The molecule has 0 aliphatic rings. The van der Waals surface area contributed by atoms with Gasteiger partial charge in [0.05, 0.1) is 21.5 Å². The zero-order chi connectivity index (χ0) is 26.3. The first-order chi connectivity index (χ1) is 18.6. The first kappa shape index (κ1) is 26.4. The maximum atomic E-state index is 12.6. The lowest BCUT2D eigenvalue weighted by atomic mass is 10.1. The quantitative estimate of drug-likeness (QED) is 0.182. The van der Waals surface area contributed by atoms with E-state index in [1.54, 1.807) is 11.4 Å². The predicted molar refractivity (Wildman–Crippen MR) is 155 cm³/mol. The van der Waals surface area contributed by atoms with E-state index in [9.17, 15) is 4.79 Å². The number of nitrogens with zero attached hydrogens (tertiary/aromatic N) is 4. The molecule has 192 valence electrons. The molecule has 0 unspecified atom stereocenters. The number of aromatic nitrogens is 4. The van der Waals surface area contributed by atoms with Gasteiger partial charge in [0.2, 0.25) is 0 Å². The lowest BCUT2D eigenvalue weighted by molar-refractivity contribution is 0.0949. The molecule has 6 nitrogen and oxygen atoms in total. The summed E-state index contributed by atoms with van der Waals surface area (Å²) in [4.78, 5) is 17.1. The van der Waals surface area contributed by atoms with Gasteiger partial charge in [0.1, 0.15) is 16.5 Å². The summed E-state index contributed by atoms with van der Waals surface area (Å²) in [6.07, 6.45) is 1.38. The topological polar surface area (TPSA) is 72.7 Å². The molecule has 0 aliphatic heterocycles. The lowest BCUT2D eigenvalue weighted by Gasteiger charge is -2.11. The minimum Gasteiger partial charge on any atom is -0.350 e. The minimum absolute atomic E-state index is 0.169. The first-order valence-electron chi connectivity index (χ1n) is 11.9. The zero-order valence-corrected chi connectivity index (χ0v) is 23.3. The van der Waals surface area contributed by atoms with E-state index in [1.165, 1.54) is 28.7 Å². The van der Waals surface area contributed by atoms with Crippen LogP contribution >= 0.6 is 46.3 Å². The number of carbonyl (C=O) groups excluding carboxylic acids is 1. The molecule has 0 bridgehead atoms. The maximum Gasteiger partial charge on any atom is 0.270 e. The van der Waals surface area contributed by atoms with Crippen LogP contribution in [0.5, 0.6) is 0 Å². The van der Waals surface area contributed by atoms with Crippen molar-refractivity contribution in [2.45, 2.75) is 23.8 Å². The standard InChI is InChI=1S/C28H23Cl2N5OS2/c29-22-12-11-21(16-23(22)30)35-25(15-20-9-5-2-6-10-20)33-34-28(35)38-18-26-32-24(17-37-26)27(36)31-14-13-19-7-3-1-4-8-19/h1-12,16-17H,13-15,18H2,(H,31,36). The number of amides is 1. The van der Waals surface area contributed by atoms with Crippen LogP contribution in [0.4, 0.5) is 0 Å². The van der Waals surface area contributed by atoms with Gasteiger partial charge in [-0.15, -0.1) is 21.5 Å². The molecule has 0 saturated heterocycles. The Morgan fingerprint density at radius 2 is 1.66 bits per heavy atom. The number of thioether (sulfide) groups is 1. The third-order valence-electron chi connectivity index (χ3n) is 5.72. The van der Waals surface area contributed by atoms with Gasteiger partial charge < -0.3 is 5.32 Å². The maximum absolute atomic E-state index is 12.6. The predicted octanol–water partition coefficient (Wildman–Crippen LogP) is 6.89. The van der Waals surface area contributed by atoms with Crippen molar-refractivity contribution in [3.63, 3.8) is 0 Å². The minimum atomic E-state index is -0.169. The number of rotatable bonds is 10. The van der Waals surface area contributed by atoms with Gasteiger partial charge >= 0.3 is 0 Å². The van der Waals surface area contributed by atoms with Gasteiger partial charge in [0, 0.05) is 18.3 Å². The molecule has 1 amide bonds. The van der Waals surface area contributed by atoms with E-state index < -0.39 is 0 Å². The van der Waals surface area contributed by atoms with Gasteiger partial charge in [-0.3, -0.25) is 9.36 Å². The van der Waals surface area contributed by atoms with E-state index in [0.29, 0.717) is 39.6 Å². The van der Waals surface area contributed by atoms with Crippen LogP contribution in [-0.2, 0) is 18.6 Å². The molecule has 2 aromatic heterocycles. The van der Waals surface area contributed by atoms with E-state index in [0.717, 1.165) is 28.5 Å². The zero-order valence-electron chi connectivity index (χ0n) is 20.2. The molecule has 0 atom stereocenters. The van der Waals surface area contributed by atoms with Crippen molar-refractivity contribution in [2.24, 2.45) is 0 Å². The second-order valence-electron chi connectivity index (χ2n) is 8.40. The number of hydrogen-bond acceptors (Lipinski definition) is 6. The summed E-state index contributed by atoms with van der Waals surface area (Å²) in [5, 5.41) is 16.2. The number of benzene rings is 3. The van der Waals surface area contributed by atoms with Crippen molar-refractivity contribution in [3.05, 3.63) is 122 Å². The second kappa shape index (κ2) is 12.6. The van der Waals surface area contributed by atoms with Crippen LogP contribution in [0.2, 0.25) is 10.0 Å². The molecule has 10 heteroatoms. The van der Waals surface area contributed by atoms with Crippen LogP contribution < -0.4 is 5.32 Å². The van der Waals surface area contributed by atoms with Gasteiger partial charge in [-0.25, -0.2) is 4.98 Å². The summed E-state index contributed by atoms with van der Waals surface area (Å²) in [6.45, 7) is 0.557. The van der Waals surface area contributed by atoms with E-state index in [2.05, 4.69) is 32.6 Å². The van der Waals surface area contributed by atoms with Crippen LogP contribution in [0.25, 0.3) is 5.69 Å². The number of thiazole rings is 1. The summed E-state index contributed by atoms with van der Waals surface area (Å²) < 4.78 is 1.99. The van der Waals surface area contributed by atoms with Gasteiger partial charge in [-0.2, -0.15) is 0 Å². The Balaban J connectivity index is 1.28. The van der Waals surface area contributed by atoms with Crippen molar-refractivity contribution < 1.29 is 4.79 Å². The largest absolute Gasteiger partial charge is 0.350 e. The van der Waals surface area contributed by atoms with Crippen molar-refractivity contribution in [2.75, 3.05) is 6.54 Å². The number of carbonyl (C=O) groups is 1. The number of nitrogens with one attached hydrogen (secondary N) is 1. The Bertz CT molecular complexity index is 1520. The van der Waals surface area contributed by atoms with E-state index >= 15 is 0 Å². The van der Waals surface area contributed by atoms with Crippen LogP contribution in [-0.4, -0.2) is 32.2 Å². The summed E-state index contributed by atoms with van der Waals surface area (Å²) in [6, 6.07) is 25.7. The van der Waals surface area contributed by atoms with Crippen LogP contribution in [0.15, 0.2) is 89.4 Å². The number of halogens is 2. The Morgan fingerprint density at radius 1 is 0.921 bits per heavy atom. The molecule has 0 spiro atoms. The van der Waals surface area contributed by atoms with Crippen molar-refractivity contribution in [1.29, 1.82) is 0 Å². The monoisotopic (exact) mass is 579 g/mol. The fourth-order valence-electron chi connectivity index (χ4n) is 3.83. The molecular weight excluding hydrogens is 557 g/mol. The van der Waals surface area contributed by atoms with Crippen LogP contribution in [0.3, 0.4) is 0 Å². The first-order valence-corrected chi connectivity index (χ1v) is 14.5. The molecule has 38 heavy (non-hydrogen) atoms. The molecule has 5 rings (SSSR count). The summed E-state index contributed by atoms with van der Waals surface area (Å²) in [5.41, 5.74) is 3.56. The summed E-state index contributed by atoms with van der Waals surface area (Å²) in [7, 11) is 0. The van der Waals surface area contributed by atoms with Gasteiger partial charge in [-0.05, 0) is 35.7 Å². The molecule has 5 aromatic rings. The highest BCUT2D eigenvalue weighted by atomic mass is 35.5. The van der Waals surface area contributed by atoms with Crippen molar-refractivity contribution in [3.8, 4) is 5.69 Å². The molecule has 0 fully saturated rings. The SMILES string of the molecule is O=C(NCCc1ccccc1)c1csc(CSc2nnc(Cc3ccccc3)n2-c2ccc(Cl)c(Cl)c2)n1. The smallest absolute Gasteiger partial charge is 0.270 e. The van der Waals surface area contributed by atoms with Gasteiger partial charge in [-0.1, -0.05) is 95.6 Å². The van der Waals surface area contributed by atoms with Crippen LogP contribution in [0, 0.1) is 0 Å². The van der Waals surface area contributed by atoms with Crippen molar-refractivity contribution in [1.82, 2.24) is 25.1 Å². The second-order valence-corrected chi connectivity index (χ2v) is 11.1. The number of hydrogen-bond donors (Lipinski definition) is 1. The van der Waals surface area contributed by atoms with Crippen LogP contribution in [0.1, 0.15) is 32.4 Å². The highest BCUT2D eigenvalue weighted by Crippen LogP contribution is 2.30. The molecule has 0 radical (unpaired) electrons. The molecule has 0 aliphatic carbocycles. The molecule has 2 heterocycles. The Kier molecular flexibility index (Phi) is 8.75. The highest BCUT2D eigenvalue weighted by Gasteiger charge is 2.18. The summed E-state index contributed by atoms with van der Waals surface area (Å²) >= 11 is 15.5. The molecule has 1 N–H and O–H groups in total. The van der Waals surface area contributed by atoms with Gasteiger partial charge in [0.25, 0.3) is 5.91 Å². The fraction of sp³-hybridized carbons (Fsp3) is 0.143. The lowest BCUT2D eigenvalue weighted by Crippen LogP contribution is -2.26. The van der Waals surface area contributed by atoms with E-state index in [4.69, 9.17) is 23.2 Å². The fourth-order valence-corrected chi connectivity index (χ4v) is 5.89. The highest BCUT2D eigenvalue weighted by molar-refractivity contribution is 7.98. The average Bonchev–Trinajstić information content (AvgIpc) is 3.57. The van der Waals surface area contributed by atoms with Gasteiger partial charge in [0.15, 0.2) is 5.16 Å². The summed E-state index contributed by atoms with van der Waals surface area (Å²) in [5.74, 6) is 1.17. The molecule has 0 saturated carbocycles. The van der Waals surface area contributed by atoms with Crippen molar-refractivity contribution >= 4 is 52.2 Å². The Morgan fingerprint density at radius 3 is 2.39 bits per heavy atom. The Hall–Kier alpha value is -3.17. The molecule has 3 aromatic carbocycles. The average molecular weight is 581 g/mol. The molecular formula is C28H23Cl2N5OS2.